The number of phenolic OH excluding ortho intramolecular Hbond substituents is 1. The van der Waals surface area contributed by atoms with Gasteiger partial charge in [-0.15, -0.1) is 0 Å². The van der Waals surface area contributed by atoms with Gasteiger partial charge < -0.3 is 20.4 Å². The van der Waals surface area contributed by atoms with E-state index in [0.717, 1.165) is 0 Å². The molecule has 0 amide bonds. The van der Waals surface area contributed by atoms with Crippen LogP contribution >= 0.6 is 0 Å². The van der Waals surface area contributed by atoms with Crippen LogP contribution in [0.4, 0.5) is 0 Å². The van der Waals surface area contributed by atoms with Gasteiger partial charge >= 0.3 is 0 Å². The fraction of sp³-hybridized carbons (Fsp3) is 0.474. The van der Waals surface area contributed by atoms with Crippen LogP contribution in [0.3, 0.4) is 0 Å². The van der Waals surface area contributed by atoms with E-state index in [4.69, 9.17) is 0 Å². The maximum Gasteiger partial charge on any atom is 0.174 e. The Morgan fingerprint density at radius 1 is 1.12 bits per heavy atom. The lowest BCUT2D eigenvalue weighted by Gasteiger charge is -2.51. The van der Waals surface area contributed by atoms with E-state index in [-0.39, 0.29) is 47.0 Å². The van der Waals surface area contributed by atoms with Crippen molar-refractivity contribution < 1.29 is 30.0 Å². The van der Waals surface area contributed by atoms with E-state index >= 15 is 0 Å². The number of aromatic hydroxyl groups is 1. The first kappa shape index (κ1) is 16.4. The fourth-order valence-corrected chi connectivity index (χ4v) is 4.73. The number of hydrogen-bond donors (Lipinski definition) is 4. The summed E-state index contributed by atoms with van der Waals surface area (Å²) in [6.07, 6.45) is -2.17. The first-order valence-corrected chi connectivity index (χ1v) is 8.46. The largest absolute Gasteiger partial charge is 0.508 e. The van der Waals surface area contributed by atoms with Gasteiger partial charge in [-0.2, -0.15) is 0 Å². The van der Waals surface area contributed by atoms with Crippen molar-refractivity contribution in [3.05, 3.63) is 40.5 Å². The molecule has 0 radical (unpaired) electrons. The average molecular weight is 344 g/mol. The summed E-state index contributed by atoms with van der Waals surface area (Å²) in [5.74, 6) is -2.28. The minimum absolute atomic E-state index is 0.0334. The van der Waals surface area contributed by atoms with E-state index in [2.05, 4.69) is 0 Å². The highest BCUT2D eigenvalue weighted by atomic mass is 16.4. The molecule has 0 unspecified atom stereocenters. The van der Waals surface area contributed by atoms with E-state index in [0.29, 0.717) is 12.0 Å². The normalized spacial score (nSPS) is 37.4. The first-order valence-electron chi connectivity index (χ1n) is 8.46. The van der Waals surface area contributed by atoms with Crippen LogP contribution in [0.5, 0.6) is 5.75 Å². The van der Waals surface area contributed by atoms with Gasteiger partial charge in [0.25, 0.3) is 0 Å². The van der Waals surface area contributed by atoms with E-state index < -0.39 is 29.5 Å². The number of carbonyl (C=O) groups is 2. The molecule has 0 aromatic heterocycles. The zero-order valence-electron chi connectivity index (χ0n) is 13.8. The van der Waals surface area contributed by atoms with E-state index in [9.17, 15) is 30.0 Å². The Bertz CT molecular complexity index is 825. The van der Waals surface area contributed by atoms with Crippen LogP contribution in [0.25, 0.3) is 0 Å². The monoisotopic (exact) mass is 344 g/mol. The van der Waals surface area contributed by atoms with Gasteiger partial charge in [-0.05, 0) is 24.8 Å². The fourth-order valence-electron chi connectivity index (χ4n) is 4.73. The molecule has 132 valence electrons. The molecular weight excluding hydrogens is 324 g/mol. The average Bonchev–Trinajstić information content (AvgIpc) is 2.54. The van der Waals surface area contributed by atoms with Gasteiger partial charge in [0.05, 0.1) is 12.0 Å². The van der Waals surface area contributed by atoms with Gasteiger partial charge in [0.15, 0.2) is 11.6 Å². The smallest absolute Gasteiger partial charge is 0.174 e. The molecule has 4 rings (SSSR count). The molecule has 6 nitrogen and oxygen atoms in total. The van der Waals surface area contributed by atoms with E-state index in [1.807, 2.05) is 6.92 Å². The van der Waals surface area contributed by atoms with Crippen LogP contribution in [-0.4, -0.2) is 43.7 Å². The van der Waals surface area contributed by atoms with Crippen molar-refractivity contribution in [2.24, 2.45) is 11.8 Å². The van der Waals surface area contributed by atoms with Crippen molar-refractivity contribution >= 4 is 11.6 Å². The Balaban J connectivity index is 1.98. The Morgan fingerprint density at radius 3 is 2.56 bits per heavy atom. The SMILES string of the molecule is C[C@@H]1CC(=O)C2=C(C1)C[C@@H](O)[C@@]1(O)[C@@H]2C(=O)c2cccc(O)c2[C@@H]1O. The van der Waals surface area contributed by atoms with Gasteiger partial charge in [-0.25, -0.2) is 0 Å². The molecular formula is C19H20O6. The topological polar surface area (TPSA) is 115 Å². The van der Waals surface area contributed by atoms with Gasteiger partial charge in [-0.3, -0.25) is 9.59 Å². The van der Waals surface area contributed by atoms with Crippen LogP contribution in [-0.2, 0) is 4.79 Å². The second kappa shape index (κ2) is 5.24. The lowest BCUT2D eigenvalue weighted by atomic mass is 9.57. The number of Topliss-reactive ketones (excluding diaryl/α,β-unsaturated/α-hetero) is 2. The molecule has 0 heterocycles. The lowest BCUT2D eigenvalue weighted by molar-refractivity contribution is -0.174. The predicted molar refractivity (Wildman–Crippen MR) is 86.9 cm³/mol. The third-order valence-electron chi connectivity index (χ3n) is 5.86. The van der Waals surface area contributed by atoms with Crippen LogP contribution in [0.2, 0.25) is 0 Å². The van der Waals surface area contributed by atoms with Crippen LogP contribution in [0, 0.1) is 11.8 Å². The number of fused-ring (bicyclic) bond motifs is 3. The van der Waals surface area contributed by atoms with Gasteiger partial charge in [0, 0.05) is 23.1 Å². The Labute approximate surface area is 144 Å². The summed E-state index contributed by atoms with van der Waals surface area (Å²) in [4.78, 5) is 25.7. The van der Waals surface area contributed by atoms with Crippen molar-refractivity contribution in [2.45, 2.75) is 44.0 Å². The lowest BCUT2D eigenvalue weighted by Crippen LogP contribution is -2.62. The molecule has 3 aliphatic carbocycles. The number of aliphatic hydroxyl groups is 3. The summed E-state index contributed by atoms with van der Waals surface area (Å²) < 4.78 is 0. The molecule has 1 aromatic rings. The highest BCUT2D eigenvalue weighted by Crippen LogP contribution is 2.54. The number of phenols is 1. The Hall–Kier alpha value is -2.02. The summed E-state index contributed by atoms with van der Waals surface area (Å²) >= 11 is 0. The number of rotatable bonds is 0. The molecule has 1 aromatic carbocycles. The number of ketones is 2. The standard InChI is InChI=1S/C19H20O6/c1-8-5-9-7-13(22)19(25)16(14(9)12(21)6-8)17(23)10-3-2-4-11(20)15(10)18(19)24/h2-4,8,13,16,18,20,22,24-25H,5-7H2,1H3/t8-,13+,16-,18-,19+/m0/s1. The predicted octanol–water partition coefficient (Wildman–Crippen LogP) is 1.03. The number of carbonyl (C=O) groups excluding carboxylic acids is 2. The Kier molecular flexibility index (Phi) is 3.45. The number of hydrogen-bond acceptors (Lipinski definition) is 6. The van der Waals surface area contributed by atoms with Crippen LogP contribution < -0.4 is 0 Å². The van der Waals surface area contributed by atoms with Crippen molar-refractivity contribution in [2.75, 3.05) is 0 Å². The quantitative estimate of drug-likeness (QED) is 0.559. The summed E-state index contributed by atoms with van der Waals surface area (Å²) in [6, 6.07) is 4.24. The second-order valence-electron chi connectivity index (χ2n) is 7.50. The molecule has 0 spiro atoms. The minimum atomic E-state index is -2.22. The molecule has 6 heteroatoms. The molecule has 0 bridgehead atoms. The van der Waals surface area contributed by atoms with Gasteiger partial charge in [0.1, 0.15) is 17.5 Å². The van der Waals surface area contributed by atoms with Crippen molar-refractivity contribution in [1.82, 2.24) is 0 Å². The zero-order chi connectivity index (χ0) is 18.1. The molecule has 4 N–H and O–H groups in total. The summed E-state index contributed by atoms with van der Waals surface area (Å²) in [7, 11) is 0. The Morgan fingerprint density at radius 2 is 1.84 bits per heavy atom. The summed E-state index contributed by atoms with van der Waals surface area (Å²) in [6.45, 7) is 1.93. The maximum atomic E-state index is 13.1. The van der Waals surface area contributed by atoms with E-state index in [1.165, 1.54) is 18.2 Å². The summed E-state index contributed by atoms with van der Waals surface area (Å²) in [5, 5.41) is 42.6. The van der Waals surface area contributed by atoms with Crippen molar-refractivity contribution in [1.29, 1.82) is 0 Å². The molecule has 0 aliphatic heterocycles. The van der Waals surface area contributed by atoms with Crippen molar-refractivity contribution in [3.63, 3.8) is 0 Å². The molecule has 3 aliphatic rings. The highest BCUT2D eigenvalue weighted by molar-refractivity contribution is 6.11. The third-order valence-corrected chi connectivity index (χ3v) is 5.86. The van der Waals surface area contributed by atoms with Crippen molar-refractivity contribution in [3.8, 4) is 5.75 Å². The zero-order valence-corrected chi connectivity index (χ0v) is 13.8. The van der Waals surface area contributed by atoms with Gasteiger partial charge in [0.2, 0.25) is 0 Å². The molecule has 0 fully saturated rings. The number of benzene rings is 1. The molecule has 5 atom stereocenters. The van der Waals surface area contributed by atoms with Gasteiger partial charge in [-0.1, -0.05) is 24.6 Å². The van der Waals surface area contributed by atoms with Crippen LogP contribution in [0.15, 0.2) is 29.3 Å². The highest BCUT2D eigenvalue weighted by Gasteiger charge is 2.62. The molecule has 25 heavy (non-hydrogen) atoms. The van der Waals surface area contributed by atoms with E-state index in [1.54, 1.807) is 0 Å². The molecule has 0 saturated carbocycles. The maximum absolute atomic E-state index is 13.1. The summed E-state index contributed by atoms with van der Waals surface area (Å²) in [5.41, 5.74) is -1.31. The second-order valence-corrected chi connectivity index (χ2v) is 7.50. The first-order chi connectivity index (χ1) is 11.8. The van der Waals surface area contributed by atoms with Crippen LogP contribution in [0.1, 0.15) is 48.2 Å². The number of aliphatic hydroxyl groups excluding tert-OH is 2. The minimum Gasteiger partial charge on any atom is -0.508 e. The third kappa shape index (κ3) is 2.02. The molecule has 0 saturated heterocycles.